The van der Waals surface area contributed by atoms with Crippen molar-refractivity contribution in [3.8, 4) is 5.75 Å². The number of aliphatic carboxylic acids is 1. The Morgan fingerprint density at radius 2 is 1.88 bits per heavy atom. The molecule has 6 nitrogen and oxygen atoms in total. The fraction of sp³-hybridized carbons (Fsp3) is 0.300. The first-order valence-electron chi connectivity index (χ1n) is 8.42. The van der Waals surface area contributed by atoms with E-state index in [4.69, 9.17) is 14.6 Å². The fourth-order valence-corrected chi connectivity index (χ4v) is 2.38. The summed E-state index contributed by atoms with van der Waals surface area (Å²) in [5, 5.41) is 11.6. The van der Waals surface area contributed by atoms with Crippen LogP contribution < -0.4 is 10.1 Å². The van der Waals surface area contributed by atoms with Gasteiger partial charge in [0, 0.05) is 37.8 Å². The number of hydrogen-bond donors (Lipinski definition) is 2. The van der Waals surface area contributed by atoms with Gasteiger partial charge in [0.25, 0.3) is 5.91 Å². The van der Waals surface area contributed by atoms with E-state index in [-0.39, 0.29) is 12.3 Å². The molecule has 0 aromatic heterocycles. The molecule has 0 aliphatic carbocycles. The Bertz CT molecular complexity index is 744. The van der Waals surface area contributed by atoms with Crippen LogP contribution in [0.5, 0.6) is 5.75 Å². The highest BCUT2D eigenvalue weighted by molar-refractivity contribution is 6.04. The van der Waals surface area contributed by atoms with Gasteiger partial charge < -0.3 is 19.9 Å². The van der Waals surface area contributed by atoms with Gasteiger partial charge in [-0.2, -0.15) is 0 Å². The summed E-state index contributed by atoms with van der Waals surface area (Å²) in [6.07, 6.45) is 1.25. The van der Waals surface area contributed by atoms with E-state index in [1.54, 1.807) is 49.6 Å². The Morgan fingerprint density at radius 1 is 1.08 bits per heavy atom. The minimum atomic E-state index is -0.846. The predicted octanol–water partition coefficient (Wildman–Crippen LogP) is 3.37. The molecule has 0 saturated heterocycles. The first-order chi connectivity index (χ1) is 12.6. The number of methoxy groups -OCH3 is 1. The number of ether oxygens (including phenoxy) is 2. The monoisotopic (exact) mass is 357 g/mol. The quantitative estimate of drug-likeness (QED) is 0.637. The summed E-state index contributed by atoms with van der Waals surface area (Å²) in [4.78, 5) is 23.1. The van der Waals surface area contributed by atoms with E-state index in [1.165, 1.54) is 0 Å². The van der Waals surface area contributed by atoms with Gasteiger partial charge in [0.2, 0.25) is 0 Å². The smallest absolute Gasteiger partial charge is 0.303 e. The van der Waals surface area contributed by atoms with Crippen LogP contribution in [0.2, 0.25) is 0 Å². The second kappa shape index (κ2) is 10.2. The molecule has 138 valence electrons. The standard InChI is InChI=1S/C20H23NO5/c1-25-11-4-12-26-18-8-3-6-16(14-18)20(24)21-17-7-2-5-15(13-17)9-10-19(22)23/h2-3,5-8,13-14H,4,9-12H2,1H3,(H,21,24)(H,22,23). The molecule has 0 radical (unpaired) electrons. The van der Waals surface area contributed by atoms with Crippen LogP contribution in [0.25, 0.3) is 0 Å². The fourth-order valence-electron chi connectivity index (χ4n) is 2.38. The lowest BCUT2D eigenvalue weighted by Gasteiger charge is -2.09. The molecule has 2 rings (SSSR count). The minimum Gasteiger partial charge on any atom is -0.493 e. The van der Waals surface area contributed by atoms with Crippen LogP contribution in [0.1, 0.15) is 28.8 Å². The van der Waals surface area contributed by atoms with Gasteiger partial charge >= 0.3 is 5.97 Å². The summed E-state index contributed by atoms with van der Waals surface area (Å²) in [7, 11) is 1.64. The second-order valence-corrected chi connectivity index (χ2v) is 5.77. The third-order valence-corrected chi connectivity index (χ3v) is 3.67. The Morgan fingerprint density at radius 3 is 2.65 bits per heavy atom. The van der Waals surface area contributed by atoms with Crippen molar-refractivity contribution in [1.82, 2.24) is 0 Å². The van der Waals surface area contributed by atoms with Crippen molar-refractivity contribution in [3.63, 3.8) is 0 Å². The maximum atomic E-state index is 12.4. The van der Waals surface area contributed by atoms with Crippen molar-refractivity contribution in [2.75, 3.05) is 25.6 Å². The normalized spacial score (nSPS) is 10.3. The van der Waals surface area contributed by atoms with Crippen LogP contribution in [-0.4, -0.2) is 37.3 Å². The topological polar surface area (TPSA) is 84.9 Å². The zero-order chi connectivity index (χ0) is 18.8. The Hall–Kier alpha value is -2.86. The molecule has 2 aromatic carbocycles. The highest BCUT2D eigenvalue weighted by Gasteiger charge is 2.08. The molecule has 2 aromatic rings. The van der Waals surface area contributed by atoms with E-state index in [2.05, 4.69) is 5.32 Å². The van der Waals surface area contributed by atoms with Gasteiger partial charge in [-0.1, -0.05) is 18.2 Å². The number of amides is 1. The molecular formula is C20H23NO5. The second-order valence-electron chi connectivity index (χ2n) is 5.77. The van der Waals surface area contributed by atoms with Crippen LogP contribution in [0.4, 0.5) is 5.69 Å². The predicted molar refractivity (Wildman–Crippen MR) is 98.8 cm³/mol. The van der Waals surface area contributed by atoms with Crippen molar-refractivity contribution >= 4 is 17.6 Å². The van der Waals surface area contributed by atoms with Gasteiger partial charge in [-0.05, 0) is 42.3 Å². The largest absolute Gasteiger partial charge is 0.493 e. The van der Waals surface area contributed by atoms with Gasteiger partial charge in [-0.3, -0.25) is 9.59 Å². The number of carboxylic acids is 1. The molecule has 1 amide bonds. The first kappa shape index (κ1) is 19.5. The summed E-state index contributed by atoms with van der Waals surface area (Å²) in [6.45, 7) is 1.14. The Labute approximate surface area is 152 Å². The number of nitrogens with one attached hydrogen (secondary N) is 1. The van der Waals surface area contributed by atoms with Gasteiger partial charge in [-0.15, -0.1) is 0 Å². The Balaban J connectivity index is 1.96. The molecule has 6 heteroatoms. The average Bonchev–Trinajstić information content (AvgIpc) is 2.64. The van der Waals surface area contributed by atoms with E-state index < -0.39 is 5.97 Å². The first-order valence-corrected chi connectivity index (χ1v) is 8.42. The molecule has 0 spiro atoms. The van der Waals surface area contributed by atoms with E-state index in [0.29, 0.717) is 36.6 Å². The van der Waals surface area contributed by atoms with E-state index >= 15 is 0 Å². The van der Waals surface area contributed by atoms with E-state index in [0.717, 1.165) is 12.0 Å². The number of rotatable bonds is 10. The Kier molecular flexibility index (Phi) is 7.64. The van der Waals surface area contributed by atoms with Crippen LogP contribution in [-0.2, 0) is 16.0 Å². The van der Waals surface area contributed by atoms with Crippen LogP contribution in [0, 0.1) is 0 Å². The molecule has 0 aliphatic heterocycles. The summed E-state index contributed by atoms with van der Waals surface area (Å²) >= 11 is 0. The lowest BCUT2D eigenvalue weighted by molar-refractivity contribution is -0.136. The van der Waals surface area contributed by atoms with Crippen molar-refractivity contribution in [1.29, 1.82) is 0 Å². The van der Waals surface area contributed by atoms with Gasteiger partial charge in [-0.25, -0.2) is 0 Å². The lowest BCUT2D eigenvalue weighted by Crippen LogP contribution is -2.12. The molecule has 26 heavy (non-hydrogen) atoms. The number of hydrogen-bond acceptors (Lipinski definition) is 4. The number of aryl methyl sites for hydroxylation is 1. The maximum Gasteiger partial charge on any atom is 0.303 e. The molecule has 0 atom stereocenters. The summed E-state index contributed by atoms with van der Waals surface area (Å²) in [6, 6.07) is 14.2. The van der Waals surface area contributed by atoms with Crippen LogP contribution in [0.15, 0.2) is 48.5 Å². The van der Waals surface area contributed by atoms with Gasteiger partial charge in [0.15, 0.2) is 0 Å². The summed E-state index contributed by atoms with van der Waals surface area (Å²) in [5.41, 5.74) is 1.98. The van der Waals surface area contributed by atoms with Crippen molar-refractivity contribution in [3.05, 3.63) is 59.7 Å². The highest BCUT2D eigenvalue weighted by atomic mass is 16.5. The molecule has 0 saturated carbocycles. The van der Waals surface area contributed by atoms with Crippen molar-refractivity contribution in [2.24, 2.45) is 0 Å². The molecule has 0 unspecified atom stereocenters. The summed E-state index contributed by atoms with van der Waals surface area (Å²) in [5.74, 6) is -0.464. The zero-order valence-corrected chi connectivity index (χ0v) is 14.7. The van der Waals surface area contributed by atoms with Crippen molar-refractivity contribution < 1.29 is 24.2 Å². The molecule has 0 fully saturated rings. The molecular weight excluding hydrogens is 334 g/mol. The lowest BCUT2D eigenvalue weighted by atomic mass is 10.1. The zero-order valence-electron chi connectivity index (χ0n) is 14.7. The minimum absolute atomic E-state index is 0.0554. The summed E-state index contributed by atoms with van der Waals surface area (Å²) < 4.78 is 10.6. The number of carbonyl (C=O) groups excluding carboxylic acids is 1. The molecule has 0 bridgehead atoms. The third-order valence-electron chi connectivity index (χ3n) is 3.67. The number of carboxylic acid groups (broad SMARTS) is 1. The highest BCUT2D eigenvalue weighted by Crippen LogP contribution is 2.17. The van der Waals surface area contributed by atoms with E-state index in [1.807, 2.05) is 6.07 Å². The average molecular weight is 357 g/mol. The molecule has 0 aliphatic rings. The van der Waals surface area contributed by atoms with Gasteiger partial charge in [0.05, 0.1) is 6.61 Å². The number of carbonyl (C=O) groups is 2. The van der Waals surface area contributed by atoms with E-state index in [9.17, 15) is 9.59 Å². The van der Waals surface area contributed by atoms with Gasteiger partial charge in [0.1, 0.15) is 5.75 Å². The number of anilines is 1. The molecule has 0 heterocycles. The van der Waals surface area contributed by atoms with Crippen molar-refractivity contribution in [2.45, 2.75) is 19.3 Å². The number of benzene rings is 2. The SMILES string of the molecule is COCCCOc1cccc(C(=O)Nc2cccc(CCC(=O)O)c2)c1. The van der Waals surface area contributed by atoms with Crippen LogP contribution in [0.3, 0.4) is 0 Å². The third kappa shape index (κ3) is 6.57. The van der Waals surface area contributed by atoms with Crippen LogP contribution >= 0.6 is 0 Å². The molecule has 2 N–H and O–H groups in total. The maximum absolute atomic E-state index is 12.4.